The molecule has 0 radical (unpaired) electrons. The van der Waals surface area contributed by atoms with Gasteiger partial charge in [-0.2, -0.15) is 0 Å². The second-order valence-corrected chi connectivity index (χ2v) is 9.89. The molecule has 0 N–H and O–H groups in total. The molecule has 2 aliphatic rings. The molecule has 0 aromatic carbocycles. The van der Waals surface area contributed by atoms with Crippen molar-refractivity contribution in [2.45, 2.75) is 70.9 Å². The van der Waals surface area contributed by atoms with E-state index in [-0.39, 0.29) is 6.09 Å². The van der Waals surface area contributed by atoms with E-state index >= 15 is 0 Å². The molecule has 2 aromatic heterocycles. The molecule has 33 heavy (non-hydrogen) atoms. The molecule has 1 aliphatic carbocycles. The van der Waals surface area contributed by atoms with E-state index in [1.54, 1.807) is 18.2 Å². The summed E-state index contributed by atoms with van der Waals surface area (Å²) >= 11 is 0. The number of carbonyl (C=O) groups excluding carboxylic acids is 1. The van der Waals surface area contributed by atoms with Crippen LogP contribution in [0.1, 0.15) is 77.0 Å². The Hall–Kier alpha value is -2.68. The van der Waals surface area contributed by atoms with Crippen LogP contribution in [0.4, 0.5) is 4.79 Å². The molecule has 1 saturated carbocycles. The molecule has 2 aromatic rings. The summed E-state index contributed by atoms with van der Waals surface area (Å²) in [6, 6.07) is 3.35. The van der Waals surface area contributed by atoms with Gasteiger partial charge in [-0.15, -0.1) is 5.10 Å². The predicted molar refractivity (Wildman–Crippen MR) is 123 cm³/mol. The molecule has 4 rings (SSSR count). The van der Waals surface area contributed by atoms with Crippen molar-refractivity contribution in [2.24, 2.45) is 5.92 Å². The maximum Gasteiger partial charge on any atom is 0.411 e. The van der Waals surface area contributed by atoms with E-state index < -0.39 is 11.6 Å². The van der Waals surface area contributed by atoms with E-state index in [2.05, 4.69) is 11.9 Å². The van der Waals surface area contributed by atoms with Crippen molar-refractivity contribution in [1.29, 1.82) is 0 Å². The van der Waals surface area contributed by atoms with Gasteiger partial charge in [-0.25, -0.2) is 19.4 Å². The zero-order chi connectivity index (χ0) is 23.6. The lowest BCUT2D eigenvalue weighted by Gasteiger charge is -2.35. The number of aromatic nitrogens is 4. The summed E-state index contributed by atoms with van der Waals surface area (Å²) in [5, 5.41) is 4.86. The zero-order valence-electron chi connectivity index (χ0n) is 20.3. The van der Waals surface area contributed by atoms with Gasteiger partial charge in [0, 0.05) is 18.5 Å². The molecule has 1 saturated heterocycles. The zero-order valence-corrected chi connectivity index (χ0v) is 20.3. The van der Waals surface area contributed by atoms with E-state index in [4.69, 9.17) is 24.3 Å². The lowest BCUT2D eigenvalue weighted by molar-refractivity contribution is -0.0351. The monoisotopic (exact) mass is 457 g/mol. The van der Waals surface area contributed by atoms with Gasteiger partial charge in [-0.1, -0.05) is 19.8 Å². The number of hydrogen-bond acceptors (Lipinski definition) is 7. The molecular formula is C24H35N5O4. The van der Waals surface area contributed by atoms with E-state index in [0.29, 0.717) is 37.4 Å². The first kappa shape index (κ1) is 23.5. The highest BCUT2D eigenvalue weighted by atomic mass is 16.6. The fourth-order valence-electron chi connectivity index (χ4n) is 4.50. The van der Waals surface area contributed by atoms with Crippen LogP contribution in [0.25, 0.3) is 5.69 Å². The second-order valence-electron chi connectivity index (χ2n) is 9.89. The van der Waals surface area contributed by atoms with Gasteiger partial charge in [0.05, 0.1) is 32.2 Å². The quantitative estimate of drug-likeness (QED) is 0.639. The summed E-state index contributed by atoms with van der Waals surface area (Å²) in [7, 11) is 1.59. The Balaban J connectivity index is 1.65. The fourth-order valence-corrected chi connectivity index (χ4v) is 4.50. The molecule has 0 bridgehead atoms. The van der Waals surface area contributed by atoms with Crippen LogP contribution in [0.5, 0.6) is 5.88 Å². The molecule has 9 nitrogen and oxygen atoms in total. The summed E-state index contributed by atoms with van der Waals surface area (Å²) in [6.07, 6.45) is 6.02. The van der Waals surface area contributed by atoms with Crippen LogP contribution in [0.15, 0.2) is 18.3 Å². The van der Waals surface area contributed by atoms with E-state index in [1.807, 2.05) is 37.6 Å². The average molecular weight is 458 g/mol. The lowest BCUT2D eigenvalue weighted by Crippen LogP contribution is -2.46. The van der Waals surface area contributed by atoms with Crippen LogP contribution in [-0.4, -0.2) is 63.2 Å². The molecule has 0 spiro atoms. The average Bonchev–Trinajstić information content (AvgIpc) is 3.19. The largest absolute Gasteiger partial charge is 0.481 e. The van der Waals surface area contributed by atoms with Crippen molar-refractivity contribution in [3.8, 4) is 11.6 Å². The summed E-state index contributed by atoms with van der Waals surface area (Å²) in [5.41, 5.74) is 0.247. The number of amides is 1. The maximum atomic E-state index is 12.9. The molecule has 1 aliphatic heterocycles. The topological polar surface area (TPSA) is 91.6 Å². The Morgan fingerprint density at radius 3 is 2.70 bits per heavy atom. The van der Waals surface area contributed by atoms with E-state index in [0.717, 1.165) is 30.3 Å². The minimum atomic E-state index is -0.577. The van der Waals surface area contributed by atoms with Gasteiger partial charge in [0.1, 0.15) is 17.5 Å². The number of nitrogens with zero attached hydrogens (tertiary/aromatic N) is 5. The normalized spacial score (nSPS) is 23.2. The first-order valence-corrected chi connectivity index (χ1v) is 11.8. The first-order chi connectivity index (χ1) is 15.8. The number of carbonyl (C=O) groups is 1. The summed E-state index contributed by atoms with van der Waals surface area (Å²) in [4.78, 5) is 23.9. The fraction of sp³-hybridized carbons (Fsp3) is 0.667. The molecular weight excluding hydrogens is 422 g/mol. The van der Waals surface area contributed by atoms with Crippen molar-refractivity contribution in [3.05, 3.63) is 30.0 Å². The smallest absolute Gasteiger partial charge is 0.411 e. The summed E-state index contributed by atoms with van der Waals surface area (Å²) < 4.78 is 18.4. The summed E-state index contributed by atoms with van der Waals surface area (Å²) in [6.45, 7) is 9.07. The highest BCUT2D eigenvalue weighted by Crippen LogP contribution is 2.44. The molecule has 9 heteroatoms. The molecule has 2 fully saturated rings. The predicted octanol–water partition coefficient (Wildman–Crippen LogP) is 4.27. The second kappa shape index (κ2) is 9.67. The van der Waals surface area contributed by atoms with Crippen LogP contribution >= 0.6 is 0 Å². The van der Waals surface area contributed by atoms with Crippen LogP contribution in [0.3, 0.4) is 0 Å². The Labute approximate surface area is 195 Å². The number of ether oxygens (including phenoxy) is 3. The highest BCUT2D eigenvalue weighted by Gasteiger charge is 2.38. The number of hydrogen-bond donors (Lipinski definition) is 0. The molecule has 1 amide bonds. The number of morpholine rings is 1. The van der Waals surface area contributed by atoms with Gasteiger partial charge >= 0.3 is 6.09 Å². The highest BCUT2D eigenvalue weighted by molar-refractivity contribution is 5.68. The Morgan fingerprint density at radius 1 is 1.27 bits per heavy atom. The molecule has 3 heterocycles. The van der Waals surface area contributed by atoms with Gasteiger partial charge in [0.25, 0.3) is 0 Å². The van der Waals surface area contributed by atoms with E-state index in [1.165, 1.54) is 12.8 Å². The van der Waals surface area contributed by atoms with Crippen LogP contribution in [0.2, 0.25) is 0 Å². The molecule has 180 valence electrons. The van der Waals surface area contributed by atoms with Crippen LogP contribution in [-0.2, 0) is 9.47 Å². The van der Waals surface area contributed by atoms with E-state index in [9.17, 15) is 4.79 Å². The number of methoxy groups -OCH3 is 1. The first-order valence-electron chi connectivity index (χ1n) is 11.8. The van der Waals surface area contributed by atoms with Crippen LogP contribution < -0.4 is 4.74 Å². The van der Waals surface area contributed by atoms with Gasteiger partial charge in [0.15, 0.2) is 5.82 Å². The Bertz CT molecular complexity index is 947. The van der Waals surface area contributed by atoms with Crippen molar-refractivity contribution in [3.63, 3.8) is 0 Å². The van der Waals surface area contributed by atoms with Crippen molar-refractivity contribution in [2.75, 3.05) is 26.9 Å². The van der Waals surface area contributed by atoms with Crippen molar-refractivity contribution < 1.29 is 19.0 Å². The number of pyridine rings is 1. The molecule has 1 unspecified atom stereocenters. The third-order valence-electron chi connectivity index (χ3n) is 6.18. The minimum Gasteiger partial charge on any atom is -0.481 e. The third kappa shape index (κ3) is 5.29. The van der Waals surface area contributed by atoms with Crippen molar-refractivity contribution >= 4 is 6.09 Å². The van der Waals surface area contributed by atoms with Crippen LogP contribution in [0, 0.1) is 5.92 Å². The SMILES string of the molecule is CCCC1CC(c2nc(C3COCCN3C(=O)OC(C)(C)C)nn2-c2ccc(OC)nc2)C1. The lowest BCUT2D eigenvalue weighted by atomic mass is 9.72. The minimum absolute atomic E-state index is 0.337. The van der Waals surface area contributed by atoms with Gasteiger partial charge in [0.2, 0.25) is 5.88 Å². The molecule has 1 atom stereocenters. The van der Waals surface area contributed by atoms with Gasteiger partial charge in [-0.3, -0.25) is 4.90 Å². The summed E-state index contributed by atoms with van der Waals surface area (Å²) in [5.74, 6) is 3.11. The van der Waals surface area contributed by atoms with Gasteiger partial charge < -0.3 is 14.2 Å². The third-order valence-corrected chi connectivity index (χ3v) is 6.18. The Morgan fingerprint density at radius 2 is 2.06 bits per heavy atom. The Kier molecular flexibility index (Phi) is 6.88. The standard InChI is InChI=1S/C24H35N5O4/c1-6-7-16-12-17(13-16)22-26-21(27-29(22)18-8-9-20(31-5)25-14-18)19-15-32-11-10-28(19)23(30)33-24(2,3)4/h8-9,14,16-17,19H,6-7,10-13,15H2,1-5H3. The number of rotatable bonds is 6. The maximum absolute atomic E-state index is 12.9. The van der Waals surface area contributed by atoms with Crippen molar-refractivity contribution in [1.82, 2.24) is 24.6 Å². The van der Waals surface area contributed by atoms with Gasteiger partial charge in [-0.05, 0) is 45.6 Å².